The topological polar surface area (TPSA) is 143 Å². The highest BCUT2D eigenvalue weighted by Gasteiger charge is 2.22. The molecular formula is C29H36N8O5. The van der Waals surface area contributed by atoms with Gasteiger partial charge >= 0.3 is 12.0 Å². The van der Waals surface area contributed by atoms with Crippen molar-refractivity contribution in [3.63, 3.8) is 0 Å². The van der Waals surface area contributed by atoms with Crippen LogP contribution in [0.2, 0.25) is 0 Å². The number of carbonyl (C=O) groups excluding carboxylic acids is 2. The van der Waals surface area contributed by atoms with Crippen molar-refractivity contribution in [1.29, 1.82) is 0 Å². The van der Waals surface area contributed by atoms with Gasteiger partial charge in [-0.05, 0) is 55.6 Å². The molecule has 1 unspecified atom stereocenters. The zero-order valence-electron chi connectivity index (χ0n) is 23.8. The molecule has 2 aliphatic rings. The standard InChI is InChI=1S/C29H36N8O5/c1-30-12-13-36(2)26(38)21-5-9-23(10-6-21)32-28(39)31-22-7-3-20(4-8-22)25-33-27(37-14-17-40-18-15-37)35-29(34-25)42-24-11-16-41-19-24/h3-10,24,30H,11-19H2,1-2H3,(H2,31,32,39). The van der Waals surface area contributed by atoms with Crippen LogP contribution >= 0.6 is 0 Å². The highest BCUT2D eigenvalue weighted by Crippen LogP contribution is 2.24. The molecule has 1 aromatic heterocycles. The largest absolute Gasteiger partial charge is 0.457 e. The third kappa shape index (κ3) is 7.69. The van der Waals surface area contributed by atoms with Crippen LogP contribution in [0.25, 0.3) is 11.4 Å². The number of anilines is 3. The second-order valence-electron chi connectivity index (χ2n) is 10.0. The molecule has 3 amide bonds. The summed E-state index contributed by atoms with van der Waals surface area (Å²) >= 11 is 0. The van der Waals surface area contributed by atoms with E-state index in [0.29, 0.717) is 81.3 Å². The van der Waals surface area contributed by atoms with Crippen LogP contribution in [0.4, 0.5) is 22.1 Å². The van der Waals surface area contributed by atoms with Gasteiger partial charge < -0.3 is 40.0 Å². The van der Waals surface area contributed by atoms with Gasteiger partial charge in [-0.25, -0.2) is 4.79 Å². The van der Waals surface area contributed by atoms with E-state index in [1.165, 1.54) is 0 Å². The lowest BCUT2D eigenvalue weighted by molar-refractivity contribution is 0.0797. The molecule has 5 rings (SSSR count). The highest BCUT2D eigenvalue weighted by molar-refractivity contribution is 6.00. The van der Waals surface area contributed by atoms with Gasteiger partial charge in [-0.15, -0.1) is 0 Å². The molecule has 2 aromatic carbocycles. The van der Waals surface area contributed by atoms with Crippen molar-refractivity contribution in [3.8, 4) is 17.4 Å². The summed E-state index contributed by atoms with van der Waals surface area (Å²) in [6, 6.07) is 13.9. The van der Waals surface area contributed by atoms with Crippen molar-refractivity contribution in [2.75, 3.05) is 82.2 Å². The van der Waals surface area contributed by atoms with E-state index >= 15 is 0 Å². The first-order valence-corrected chi connectivity index (χ1v) is 14.0. The fourth-order valence-corrected chi connectivity index (χ4v) is 4.48. The SMILES string of the molecule is CNCCN(C)C(=O)c1ccc(NC(=O)Nc2ccc(-c3nc(OC4CCOC4)nc(N4CCOCC4)n3)cc2)cc1. The molecule has 42 heavy (non-hydrogen) atoms. The monoisotopic (exact) mass is 576 g/mol. The van der Waals surface area contributed by atoms with E-state index in [4.69, 9.17) is 19.2 Å². The van der Waals surface area contributed by atoms with Crippen LogP contribution < -0.4 is 25.6 Å². The Morgan fingerprint density at radius 3 is 2.29 bits per heavy atom. The number of urea groups is 1. The Kier molecular flexibility index (Phi) is 9.74. The smallest absolute Gasteiger partial charge is 0.323 e. The fourth-order valence-electron chi connectivity index (χ4n) is 4.48. The second-order valence-corrected chi connectivity index (χ2v) is 10.0. The van der Waals surface area contributed by atoms with Gasteiger partial charge in [0.1, 0.15) is 6.10 Å². The number of amides is 3. The van der Waals surface area contributed by atoms with Gasteiger partial charge in [-0.1, -0.05) is 0 Å². The molecule has 0 radical (unpaired) electrons. The molecule has 13 nitrogen and oxygen atoms in total. The van der Waals surface area contributed by atoms with Crippen molar-refractivity contribution in [2.24, 2.45) is 0 Å². The van der Waals surface area contributed by atoms with Crippen molar-refractivity contribution in [3.05, 3.63) is 54.1 Å². The number of nitrogens with one attached hydrogen (secondary N) is 3. The van der Waals surface area contributed by atoms with Gasteiger partial charge in [0.25, 0.3) is 5.91 Å². The van der Waals surface area contributed by atoms with E-state index in [-0.39, 0.29) is 18.0 Å². The maximum absolute atomic E-state index is 12.6. The number of rotatable bonds is 10. The molecule has 2 fully saturated rings. The Bertz CT molecular complexity index is 1340. The summed E-state index contributed by atoms with van der Waals surface area (Å²) in [6.45, 7) is 5.04. The molecule has 2 aliphatic heterocycles. The highest BCUT2D eigenvalue weighted by atomic mass is 16.6. The van der Waals surface area contributed by atoms with Crippen LogP contribution in [0.3, 0.4) is 0 Å². The summed E-state index contributed by atoms with van der Waals surface area (Å²) in [4.78, 5) is 42.7. The van der Waals surface area contributed by atoms with Crippen LogP contribution in [0.15, 0.2) is 48.5 Å². The fraction of sp³-hybridized carbons (Fsp3) is 0.414. The zero-order chi connectivity index (χ0) is 29.3. The molecule has 0 bridgehead atoms. The normalized spacial score (nSPS) is 16.6. The Morgan fingerprint density at radius 2 is 1.64 bits per heavy atom. The third-order valence-electron chi connectivity index (χ3n) is 6.89. The van der Waals surface area contributed by atoms with Crippen LogP contribution in [0.5, 0.6) is 6.01 Å². The Hall–Kier alpha value is -4.33. The van der Waals surface area contributed by atoms with Crippen molar-refractivity contribution >= 4 is 29.3 Å². The number of aromatic nitrogens is 3. The first-order valence-electron chi connectivity index (χ1n) is 14.0. The Balaban J connectivity index is 1.22. The summed E-state index contributed by atoms with van der Waals surface area (Å²) in [5.74, 6) is 0.932. The number of benzene rings is 2. The minimum Gasteiger partial charge on any atom is -0.457 e. The van der Waals surface area contributed by atoms with E-state index in [9.17, 15) is 9.59 Å². The maximum atomic E-state index is 12.6. The lowest BCUT2D eigenvalue weighted by atomic mass is 10.2. The summed E-state index contributed by atoms with van der Waals surface area (Å²) in [5.41, 5.74) is 2.47. The lowest BCUT2D eigenvalue weighted by Crippen LogP contribution is -2.37. The molecule has 222 valence electrons. The summed E-state index contributed by atoms with van der Waals surface area (Å²) in [6.07, 6.45) is 0.691. The van der Waals surface area contributed by atoms with E-state index < -0.39 is 6.03 Å². The summed E-state index contributed by atoms with van der Waals surface area (Å²) in [5, 5.41) is 8.64. The van der Waals surface area contributed by atoms with Crippen molar-refractivity contribution in [2.45, 2.75) is 12.5 Å². The zero-order valence-corrected chi connectivity index (χ0v) is 23.8. The number of hydrogen-bond acceptors (Lipinski definition) is 10. The number of nitrogens with zero attached hydrogens (tertiary/aromatic N) is 5. The molecular weight excluding hydrogens is 540 g/mol. The predicted octanol–water partition coefficient (Wildman–Crippen LogP) is 2.48. The minimum absolute atomic E-state index is 0.0807. The number of carbonyl (C=O) groups is 2. The average molecular weight is 577 g/mol. The third-order valence-corrected chi connectivity index (χ3v) is 6.89. The summed E-state index contributed by atoms with van der Waals surface area (Å²) in [7, 11) is 3.60. The molecule has 3 N–H and O–H groups in total. The van der Waals surface area contributed by atoms with Gasteiger partial charge in [0.15, 0.2) is 5.82 Å². The molecule has 0 spiro atoms. The number of likely N-dealkylation sites (N-methyl/N-ethyl adjacent to an activating group) is 2. The molecule has 2 saturated heterocycles. The molecule has 0 saturated carbocycles. The van der Waals surface area contributed by atoms with Crippen molar-refractivity contribution in [1.82, 2.24) is 25.2 Å². The molecule has 3 heterocycles. The second kappa shape index (κ2) is 14.0. The average Bonchev–Trinajstić information content (AvgIpc) is 3.53. The molecule has 13 heteroatoms. The van der Waals surface area contributed by atoms with Gasteiger partial charge in [-0.3, -0.25) is 4.79 Å². The van der Waals surface area contributed by atoms with E-state index in [2.05, 4.69) is 30.8 Å². The first kappa shape index (κ1) is 29.2. The first-order chi connectivity index (χ1) is 20.5. The van der Waals surface area contributed by atoms with Crippen LogP contribution in [-0.2, 0) is 9.47 Å². The number of morpholine rings is 1. The number of hydrogen-bond donors (Lipinski definition) is 3. The van der Waals surface area contributed by atoms with Gasteiger partial charge in [0.2, 0.25) is 5.95 Å². The minimum atomic E-state index is -0.405. The van der Waals surface area contributed by atoms with E-state index in [1.54, 1.807) is 48.3 Å². The van der Waals surface area contributed by atoms with Gasteiger partial charge in [-0.2, -0.15) is 15.0 Å². The molecule has 3 aromatic rings. The van der Waals surface area contributed by atoms with E-state index in [0.717, 1.165) is 12.0 Å². The summed E-state index contributed by atoms with van der Waals surface area (Å²) < 4.78 is 16.9. The Morgan fingerprint density at radius 1 is 0.952 bits per heavy atom. The van der Waals surface area contributed by atoms with E-state index in [1.807, 2.05) is 19.2 Å². The maximum Gasteiger partial charge on any atom is 0.323 e. The van der Waals surface area contributed by atoms with Crippen LogP contribution in [0.1, 0.15) is 16.8 Å². The van der Waals surface area contributed by atoms with Gasteiger partial charge in [0.05, 0.1) is 26.4 Å². The predicted molar refractivity (Wildman–Crippen MR) is 158 cm³/mol. The quantitative estimate of drug-likeness (QED) is 0.329. The van der Waals surface area contributed by atoms with Crippen LogP contribution in [-0.4, -0.2) is 105 Å². The molecule has 1 atom stereocenters. The lowest BCUT2D eigenvalue weighted by Gasteiger charge is -2.27. The Labute approximate surface area is 244 Å². The van der Waals surface area contributed by atoms with Crippen molar-refractivity contribution < 1.29 is 23.8 Å². The number of ether oxygens (including phenoxy) is 3. The van der Waals surface area contributed by atoms with Gasteiger partial charge in [0, 0.05) is 62.1 Å². The van der Waals surface area contributed by atoms with Crippen LogP contribution in [0, 0.1) is 0 Å². The molecule has 0 aliphatic carbocycles.